The van der Waals surface area contributed by atoms with Gasteiger partial charge in [0, 0.05) is 60.3 Å². The zero-order chi connectivity index (χ0) is 31.6. The van der Waals surface area contributed by atoms with Crippen molar-refractivity contribution in [3.05, 3.63) is 53.9 Å². The van der Waals surface area contributed by atoms with Crippen molar-refractivity contribution in [3.8, 4) is 17.0 Å². The minimum Gasteiger partial charge on any atom is -0.443 e. The molecule has 0 unspecified atom stereocenters. The SMILES string of the molecule is CC(C)(C)OC(=O)N1CC(C)(C)c2cc(-c3ccnc(Nc4ccc(C(=O)NC5CCOCC5)cc4OC(F)F)n3)cnc21. The van der Waals surface area contributed by atoms with E-state index in [1.807, 2.05) is 40.7 Å². The number of nitrogens with one attached hydrogen (secondary N) is 2. The molecule has 44 heavy (non-hydrogen) atoms. The molecule has 234 valence electrons. The molecule has 1 fully saturated rings. The number of rotatable bonds is 7. The van der Waals surface area contributed by atoms with Crippen LogP contribution in [0.1, 0.15) is 63.4 Å². The first-order valence-corrected chi connectivity index (χ1v) is 14.4. The molecule has 0 spiro atoms. The van der Waals surface area contributed by atoms with Gasteiger partial charge in [-0.15, -0.1) is 0 Å². The molecule has 4 heterocycles. The van der Waals surface area contributed by atoms with E-state index in [-0.39, 0.29) is 29.0 Å². The molecule has 11 nitrogen and oxygen atoms in total. The average molecular weight is 611 g/mol. The Morgan fingerprint density at radius 3 is 2.57 bits per heavy atom. The van der Waals surface area contributed by atoms with Crippen LogP contribution in [0.25, 0.3) is 11.3 Å². The molecule has 0 radical (unpaired) electrons. The maximum Gasteiger partial charge on any atom is 0.416 e. The summed E-state index contributed by atoms with van der Waals surface area (Å²) in [5.74, 6) is 0.0289. The number of ether oxygens (including phenoxy) is 3. The number of aromatic nitrogens is 3. The Hall–Kier alpha value is -4.39. The van der Waals surface area contributed by atoms with Crippen molar-refractivity contribution in [1.29, 1.82) is 0 Å². The van der Waals surface area contributed by atoms with E-state index in [1.165, 1.54) is 29.3 Å². The van der Waals surface area contributed by atoms with Gasteiger partial charge in [0.25, 0.3) is 5.91 Å². The van der Waals surface area contributed by atoms with Crippen LogP contribution in [-0.4, -0.2) is 65.0 Å². The molecule has 3 aromatic rings. The fourth-order valence-corrected chi connectivity index (χ4v) is 5.11. The number of benzene rings is 1. The Morgan fingerprint density at radius 2 is 1.86 bits per heavy atom. The molecule has 0 aliphatic carbocycles. The van der Waals surface area contributed by atoms with Crippen LogP contribution >= 0.6 is 0 Å². The summed E-state index contributed by atoms with van der Waals surface area (Å²) in [6.07, 6.45) is 4.03. The summed E-state index contributed by atoms with van der Waals surface area (Å²) in [6, 6.07) is 7.82. The van der Waals surface area contributed by atoms with E-state index >= 15 is 0 Å². The number of alkyl halides is 2. The molecule has 1 saturated heterocycles. The predicted octanol–water partition coefficient (Wildman–Crippen LogP) is 5.83. The number of pyridine rings is 1. The number of carbonyl (C=O) groups excluding carboxylic acids is 2. The Bertz CT molecular complexity index is 1540. The molecule has 1 aromatic carbocycles. The van der Waals surface area contributed by atoms with E-state index in [1.54, 1.807) is 12.3 Å². The molecular formula is C31H36F2N6O5. The van der Waals surface area contributed by atoms with E-state index in [9.17, 15) is 18.4 Å². The van der Waals surface area contributed by atoms with Crippen molar-refractivity contribution in [3.63, 3.8) is 0 Å². The highest BCUT2D eigenvalue weighted by Gasteiger charge is 2.41. The molecule has 2 N–H and O–H groups in total. The number of carbonyl (C=O) groups is 2. The number of fused-ring (bicyclic) bond motifs is 1. The van der Waals surface area contributed by atoms with Crippen molar-refractivity contribution in [2.75, 3.05) is 30.0 Å². The molecule has 5 rings (SSSR count). The van der Waals surface area contributed by atoms with E-state index in [0.717, 1.165) is 5.56 Å². The summed E-state index contributed by atoms with van der Waals surface area (Å²) in [6.45, 7) is 7.87. The highest BCUT2D eigenvalue weighted by Crippen LogP contribution is 2.41. The third-order valence-corrected chi connectivity index (χ3v) is 7.23. The molecule has 2 aliphatic heterocycles. The maximum atomic E-state index is 13.3. The zero-order valence-electron chi connectivity index (χ0n) is 25.3. The van der Waals surface area contributed by atoms with Gasteiger partial charge in [-0.05, 0) is 63.9 Å². The molecule has 0 bridgehead atoms. The van der Waals surface area contributed by atoms with Gasteiger partial charge >= 0.3 is 12.7 Å². The summed E-state index contributed by atoms with van der Waals surface area (Å²) < 4.78 is 42.3. The largest absolute Gasteiger partial charge is 0.443 e. The van der Waals surface area contributed by atoms with E-state index in [0.29, 0.717) is 49.7 Å². The molecule has 13 heteroatoms. The number of anilines is 3. The van der Waals surface area contributed by atoms with Crippen LogP contribution in [0.4, 0.5) is 31.0 Å². The molecule has 2 aliphatic rings. The van der Waals surface area contributed by atoms with Crippen LogP contribution < -0.4 is 20.3 Å². The third-order valence-electron chi connectivity index (χ3n) is 7.23. The fraction of sp³-hybridized carbons (Fsp3) is 0.452. The van der Waals surface area contributed by atoms with Crippen LogP contribution in [0.2, 0.25) is 0 Å². The summed E-state index contributed by atoms with van der Waals surface area (Å²) in [4.78, 5) is 40.6. The van der Waals surface area contributed by atoms with Crippen molar-refractivity contribution in [1.82, 2.24) is 20.3 Å². The highest BCUT2D eigenvalue weighted by molar-refractivity contribution is 5.95. The minimum atomic E-state index is -3.11. The first-order chi connectivity index (χ1) is 20.8. The minimum absolute atomic E-state index is 0.0516. The lowest BCUT2D eigenvalue weighted by molar-refractivity contribution is -0.0494. The van der Waals surface area contributed by atoms with Gasteiger partial charge in [0.05, 0.1) is 11.4 Å². The van der Waals surface area contributed by atoms with E-state index < -0.39 is 29.6 Å². The van der Waals surface area contributed by atoms with Gasteiger partial charge in [-0.2, -0.15) is 8.78 Å². The summed E-state index contributed by atoms with van der Waals surface area (Å²) in [7, 11) is 0. The Labute approximate surface area is 254 Å². The Morgan fingerprint density at radius 1 is 1.11 bits per heavy atom. The monoisotopic (exact) mass is 610 g/mol. The smallest absolute Gasteiger partial charge is 0.416 e. The second-order valence-electron chi connectivity index (χ2n) is 12.4. The quantitative estimate of drug-likeness (QED) is 0.340. The Balaban J connectivity index is 1.37. The van der Waals surface area contributed by atoms with Crippen LogP contribution in [0, 0.1) is 0 Å². The van der Waals surface area contributed by atoms with Crippen LogP contribution in [-0.2, 0) is 14.9 Å². The third kappa shape index (κ3) is 7.21. The fourth-order valence-electron chi connectivity index (χ4n) is 5.11. The zero-order valence-corrected chi connectivity index (χ0v) is 25.3. The Kier molecular flexibility index (Phi) is 8.69. The van der Waals surface area contributed by atoms with Crippen LogP contribution in [0.5, 0.6) is 5.75 Å². The molecule has 0 atom stereocenters. The average Bonchev–Trinajstić information content (AvgIpc) is 3.23. The summed E-state index contributed by atoms with van der Waals surface area (Å²) in [5.41, 5.74) is 1.35. The van der Waals surface area contributed by atoms with Crippen molar-refractivity contribution < 1.29 is 32.6 Å². The van der Waals surface area contributed by atoms with Gasteiger partial charge in [0.1, 0.15) is 17.2 Å². The maximum absolute atomic E-state index is 13.3. The number of hydrogen-bond acceptors (Lipinski definition) is 9. The van der Waals surface area contributed by atoms with Crippen LogP contribution in [0.15, 0.2) is 42.7 Å². The van der Waals surface area contributed by atoms with Gasteiger partial charge in [-0.1, -0.05) is 13.8 Å². The van der Waals surface area contributed by atoms with Crippen molar-refractivity contribution >= 4 is 29.5 Å². The van der Waals surface area contributed by atoms with Gasteiger partial charge in [0.15, 0.2) is 0 Å². The highest BCUT2D eigenvalue weighted by atomic mass is 19.3. The van der Waals surface area contributed by atoms with Gasteiger partial charge < -0.3 is 24.8 Å². The number of amides is 2. The molecule has 2 aromatic heterocycles. The number of nitrogens with zero attached hydrogens (tertiary/aromatic N) is 4. The van der Waals surface area contributed by atoms with Crippen molar-refractivity contribution in [2.45, 2.75) is 71.1 Å². The predicted molar refractivity (Wildman–Crippen MR) is 160 cm³/mol. The number of halogens is 2. The van der Waals surface area contributed by atoms with Gasteiger partial charge in [0.2, 0.25) is 5.95 Å². The second kappa shape index (κ2) is 12.3. The lowest BCUT2D eigenvalue weighted by Gasteiger charge is -2.25. The van der Waals surface area contributed by atoms with Gasteiger partial charge in [-0.3, -0.25) is 9.69 Å². The standard InChI is InChI=1S/C31H36F2N6O5/c1-30(2,3)44-29(41)39-17-31(4,5)21-14-19(16-35-25(21)39)22-8-11-34-28(37-22)38-23-7-6-18(15-24(23)43-27(32)33)26(40)36-20-9-12-42-13-10-20/h6-8,11,14-16,20,27H,9-10,12-13,17H2,1-5H3,(H,36,40)(H,34,37,38). The summed E-state index contributed by atoms with van der Waals surface area (Å²) >= 11 is 0. The van der Waals surface area contributed by atoms with Crippen molar-refractivity contribution in [2.24, 2.45) is 0 Å². The van der Waals surface area contributed by atoms with Crippen LogP contribution in [0.3, 0.4) is 0 Å². The lowest BCUT2D eigenvalue weighted by Crippen LogP contribution is -2.38. The number of hydrogen-bond donors (Lipinski definition) is 2. The molecular weight excluding hydrogens is 574 g/mol. The summed E-state index contributed by atoms with van der Waals surface area (Å²) in [5, 5.41) is 5.84. The molecule has 0 saturated carbocycles. The topological polar surface area (TPSA) is 128 Å². The van der Waals surface area contributed by atoms with Gasteiger partial charge in [-0.25, -0.2) is 19.7 Å². The lowest BCUT2D eigenvalue weighted by atomic mass is 9.87. The second-order valence-corrected chi connectivity index (χ2v) is 12.4. The van der Waals surface area contributed by atoms with E-state index in [2.05, 4.69) is 25.6 Å². The first-order valence-electron chi connectivity index (χ1n) is 14.4. The first kappa shape index (κ1) is 31.0. The normalized spacial score (nSPS) is 16.4. The van der Waals surface area contributed by atoms with E-state index in [4.69, 9.17) is 14.2 Å². The molecule has 2 amide bonds.